The zero-order chi connectivity index (χ0) is 15.1. The van der Waals surface area contributed by atoms with Gasteiger partial charge in [0.1, 0.15) is 17.4 Å². The SMILES string of the molecule is CC(N)(O[Si](C)(C)C(C)(C)C)c1cc(F)cc(F)c1. The highest BCUT2D eigenvalue weighted by molar-refractivity contribution is 6.74. The molecule has 1 rings (SSSR count). The molecular weight excluding hydrogens is 264 g/mol. The maximum Gasteiger partial charge on any atom is 0.194 e. The Morgan fingerprint density at radius 1 is 1.00 bits per heavy atom. The highest BCUT2D eigenvalue weighted by Crippen LogP contribution is 2.40. The van der Waals surface area contributed by atoms with Crippen LogP contribution in [0, 0.1) is 11.6 Å². The van der Waals surface area contributed by atoms with Crippen LogP contribution in [0.5, 0.6) is 0 Å². The Kier molecular flexibility index (Phi) is 4.25. The van der Waals surface area contributed by atoms with Crippen molar-refractivity contribution in [1.82, 2.24) is 0 Å². The molecule has 0 aliphatic heterocycles. The van der Waals surface area contributed by atoms with E-state index < -0.39 is 25.7 Å². The number of hydrogen-bond donors (Lipinski definition) is 1. The normalized spacial score (nSPS) is 16.3. The van der Waals surface area contributed by atoms with Gasteiger partial charge < -0.3 is 10.2 Å². The topological polar surface area (TPSA) is 35.2 Å². The van der Waals surface area contributed by atoms with Crippen LogP contribution in [0.2, 0.25) is 18.1 Å². The first kappa shape index (κ1) is 16.3. The minimum absolute atomic E-state index is 0.0283. The summed E-state index contributed by atoms with van der Waals surface area (Å²) >= 11 is 0. The zero-order valence-corrected chi connectivity index (χ0v) is 13.5. The van der Waals surface area contributed by atoms with Crippen molar-refractivity contribution in [3.8, 4) is 0 Å². The first-order chi connectivity index (χ1) is 8.35. The monoisotopic (exact) mass is 287 g/mol. The Labute approximate surface area is 115 Å². The maximum absolute atomic E-state index is 13.3. The molecule has 0 aromatic heterocycles. The molecule has 0 saturated carbocycles. The van der Waals surface area contributed by atoms with E-state index in [-0.39, 0.29) is 5.04 Å². The summed E-state index contributed by atoms with van der Waals surface area (Å²) in [5.74, 6) is -1.30. The second-order valence-corrected chi connectivity index (χ2v) is 11.4. The predicted molar refractivity (Wildman–Crippen MR) is 76.2 cm³/mol. The molecule has 1 aromatic rings. The molecule has 0 amide bonds. The van der Waals surface area contributed by atoms with Gasteiger partial charge in [-0.25, -0.2) is 8.78 Å². The van der Waals surface area contributed by atoms with Crippen molar-refractivity contribution in [1.29, 1.82) is 0 Å². The van der Waals surface area contributed by atoms with Crippen molar-refractivity contribution in [3.63, 3.8) is 0 Å². The summed E-state index contributed by atoms with van der Waals surface area (Å²) in [6, 6.07) is 3.26. The van der Waals surface area contributed by atoms with Crippen LogP contribution >= 0.6 is 0 Å². The molecule has 2 N–H and O–H groups in total. The summed E-state index contributed by atoms with van der Waals surface area (Å²) in [6.07, 6.45) is 0. The number of nitrogens with two attached hydrogens (primary N) is 1. The van der Waals surface area contributed by atoms with Gasteiger partial charge in [0.25, 0.3) is 0 Å². The van der Waals surface area contributed by atoms with Gasteiger partial charge in [0, 0.05) is 11.6 Å². The fraction of sp³-hybridized carbons (Fsp3) is 0.571. The van der Waals surface area contributed by atoms with Crippen LogP contribution in [0.3, 0.4) is 0 Å². The molecule has 0 heterocycles. The molecule has 0 bridgehead atoms. The third-order valence-electron chi connectivity index (χ3n) is 3.71. The van der Waals surface area contributed by atoms with Gasteiger partial charge in [-0.15, -0.1) is 0 Å². The fourth-order valence-electron chi connectivity index (χ4n) is 1.58. The smallest absolute Gasteiger partial charge is 0.194 e. The molecule has 2 nitrogen and oxygen atoms in total. The van der Waals surface area contributed by atoms with Gasteiger partial charge in [0.05, 0.1) is 0 Å². The van der Waals surface area contributed by atoms with Crippen LogP contribution in [-0.2, 0) is 10.2 Å². The van der Waals surface area contributed by atoms with E-state index in [9.17, 15) is 8.78 Å². The predicted octanol–water partition coefficient (Wildman–Crippen LogP) is 4.12. The minimum Gasteiger partial charge on any atom is -0.396 e. The number of rotatable bonds is 3. The van der Waals surface area contributed by atoms with Crippen LogP contribution in [-0.4, -0.2) is 8.32 Å². The van der Waals surface area contributed by atoms with E-state index in [4.69, 9.17) is 10.2 Å². The molecule has 0 spiro atoms. The molecule has 1 aromatic carbocycles. The number of hydrogen-bond acceptors (Lipinski definition) is 2. The fourth-order valence-corrected chi connectivity index (χ4v) is 3.07. The lowest BCUT2D eigenvalue weighted by Crippen LogP contribution is -2.51. The molecule has 5 heteroatoms. The minimum atomic E-state index is -2.13. The van der Waals surface area contributed by atoms with Crippen molar-refractivity contribution in [3.05, 3.63) is 35.4 Å². The van der Waals surface area contributed by atoms with Gasteiger partial charge in [-0.3, -0.25) is 0 Å². The van der Waals surface area contributed by atoms with Crippen molar-refractivity contribution < 1.29 is 13.2 Å². The van der Waals surface area contributed by atoms with Crippen molar-refractivity contribution >= 4 is 8.32 Å². The van der Waals surface area contributed by atoms with Gasteiger partial charge in [-0.2, -0.15) is 0 Å². The zero-order valence-electron chi connectivity index (χ0n) is 12.5. The van der Waals surface area contributed by atoms with E-state index in [0.717, 1.165) is 6.07 Å². The lowest BCUT2D eigenvalue weighted by atomic mass is 10.1. The van der Waals surface area contributed by atoms with Crippen LogP contribution < -0.4 is 5.73 Å². The van der Waals surface area contributed by atoms with Crippen LogP contribution in [0.4, 0.5) is 8.78 Å². The van der Waals surface area contributed by atoms with E-state index in [1.807, 2.05) is 13.1 Å². The second kappa shape index (κ2) is 4.96. The molecule has 1 unspecified atom stereocenters. The third-order valence-corrected chi connectivity index (χ3v) is 8.26. The third kappa shape index (κ3) is 3.84. The average molecular weight is 287 g/mol. The van der Waals surface area contributed by atoms with Gasteiger partial charge in [-0.05, 0) is 37.2 Å². The summed E-state index contributed by atoms with van der Waals surface area (Å²) in [4.78, 5) is 0. The molecule has 0 radical (unpaired) electrons. The molecule has 1 atom stereocenters. The first-order valence-corrected chi connectivity index (χ1v) is 9.22. The largest absolute Gasteiger partial charge is 0.396 e. The van der Waals surface area contributed by atoms with E-state index in [1.165, 1.54) is 12.1 Å². The van der Waals surface area contributed by atoms with Gasteiger partial charge >= 0.3 is 0 Å². The van der Waals surface area contributed by atoms with Crippen LogP contribution in [0.1, 0.15) is 33.3 Å². The average Bonchev–Trinajstić information content (AvgIpc) is 2.12. The van der Waals surface area contributed by atoms with Crippen molar-refractivity contribution in [2.24, 2.45) is 5.73 Å². The van der Waals surface area contributed by atoms with Gasteiger partial charge in [0.15, 0.2) is 8.32 Å². The maximum atomic E-state index is 13.3. The molecular formula is C14H23F2NOSi. The summed E-state index contributed by atoms with van der Waals surface area (Å²) < 4.78 is 32.6. The standard InChI is InChI=1S/C14H23F2NOSi/c1-13(2,3)19(5,6)18-14(4,17)10-7-11(15)9-12(16)8-10/h7-9H,17H2,1-6H3. The molecule has 108 valence electrons. The quantitative estimate of drug-likeness (QED) is 0.670. The van der Waals surface area contributed by atoms with Crippen molar-refractivity contribution in [2.45, 2.75) is 51.6 Å². The number of halogens is 2. The second-order valence-electron chi connectivity index (χ2n) is 6.63. The van der Waals surface area contributed by atoms with Crippen LogP contribution in [0.15, 0.2) is 18.2 Å². The molecule has 0 aliphatic rings. The van der Waals surface area contributed by atoms with E-state index in [2.05, 4.69) is 20.8 Å². The summed E-state index contributed by atoms with van der Waals surface area (Å²) in [5.41, 5.74) is 5.25. The van der Waals surface area contributed by atoms with Gasteiger partial charge in [-0.1, -0.05) is 20.8 Å². The first-order valence-electron chi connectivity index (χ1n) is 6.31. The summed E-state index contributed by atoms with van der Waals surface area (Å²) in [6.45, 7) is 12.0. The molecule has 0 saturated heterocycles. The Bertz CT molecular complexity index is 447. The molecule has 19 heavy (non-hydrogen) atoms. The summed E-state index contributed by atoms with van der Waals surface area (Å²) in [5, 5.41) is -0.0283. The highest BCUT2D eigenvalue weighted by Gasteiger charge is 2.42. The Hall–Kier alpha value is -0.783. The lowest BCUT2D eigenvalue weighted by Gasteiger charge is -2.42. The van der Waals surface area contributed by atoms with Gasteiger partial charge in [0.2, 0.25) is 0 Å². The van der Waals surface area contributed by atoms with E-state index in [1.54, 1.807) is 6.92 Å². The van der Waals surface area contributed by atoms with E-state index in [0.29, 0.717) is 5.56 Å². The highest BCUT2D eigenvalue weighted by atomic mass is 28.4. The Morgan fingerprint density at radius 2 is 1.42 bits per heavy atom. The lowest BCUT2D eigenvalue weighted by molar-refractivity contribution is 0.0761. The van der Waals surface area contributed by atoms with E-state index >= 15 is 0 Å². The molecule has 0 fully saturated rings. The number of benzene rings is 1. The Morgan fingerprint density at radius 3 is 1.79 bits per heavy atom. The summed E-state index contributed by atoms with van der Waals surface area (Å²) in [7, 11) is -2.13. The Balaban J connectivity index is 3.11. The van der Waals surface area contributed by atoms with Crippen molar-refractivity contribution in [2.75, 3.05) is 0 Å². The molecule has 0 aliphatic carbocycles. The van der Waals surface area contributed by atoms with Crippen LogP contribution in [0.25, 0.3) is 0 Å².